The molecule has 1 unspecified atom stereocenters. The van der Waals surface area contributed by atoms with Gasteiger partial charge in [-0.15, -0.1) is 0 Å². The van der Waals surface area contributed by atoms with E-state index in [4.69, 9.17) is 14.2 Å². The third-order valence-corrected chi connectivity index (χ3v) is 13.6. The van der Waals surface area contributed by atoms with Gasteiger partial charge < -0.3 is 14.2 Å². The highest BCUT2D eigenvalue weighted by atomic mass is 16.6. The molecule has 0 N–H and O–H groups in total. The smallest absolute Gasteiger partial charge is 0.306 e. The largest absolute Gasteiger partial charge is 0.462 e. The number of unbranched alkanes of at least 4 members (excludes halogenated alkanes) is 23. The van der Waals surface area contributed by atoms with Gasteiger partial charge in [-0.3, -0.25) is 14.4 Å². The standard InChI is InChI=1S/C74H120O6/c1-4-7-10-13-16-18-20-22-24-26-28-30-32-34-36-37-39-40-42-44-46-48-50-52-54-56-58-61-64-67-73(76)79-70-71(69-78-72(75)66-63-60-15-12-9-6-3)80-74(77)68-65-62-59-57-55-53-51-49-47-45-43-41-38-35-33-31-29-27-25-23-21-19-17-14-11-8-5-2/h7-8,10-11,16-19,22-25,28-31,34-36,38-40,44,46,71H,4-6,9,12-15,20-21,26-27,32-33,37,41-43,45,47-70H2,1-3H3/b10-7-,11-8-,18-16-,19-17-,24-22-,25-23-,30-28-,31-29-,36-34-,38-35-,40-39-,46-44-. The fourth-order valence-electron chi connectivity index (χ4n) is 8.74. The van der Waals surface area contributed by atoms with Crippen LogP contribution in [0.25, 0.3) is 0 Å². The Kier molecular flexibility index (Phi) is 62.9. The summed E-state index contributed by atoms with van der Waals surface area (Å²) in [5.74, 6) is -0.910. The molecule has 0 aliphatic rings. The Hall–Kier alpha value is -4.71. The van der Waals surface area contributed by atoms with Crippen molar-refractivity contribution in [3.05, 3.63) is 146 Å². The van der Waals surface area contributed by atoms with E-state index < -0.39 is 6.10 Å². The number of carbonyl (C=O) groups excluding carboxylic acids is 3. The van der Waals surface area contributed by atoms with E-state index in [1.54, 1.807) is 0 Å². The summed E-state index contributed by atoms with van der Waals surface area (Å²) in [5.41, 5.74) is 0. The van der Waals surface area contributed by atoms with E-state index in [-0.39, 0.29) is 31.1 Å². The van der Waals surface area contributed by atoms with Crippen molar-refractivity contribution >= 4 is 17.9 Å². The molecule has 0 rings (SSSR count). The summed E-state index contributed by atoms with van der Waals surface area (Å²) in [7, 11) is 0. The van der Waals surface area contributed by atoms with Crippen LogP contribution in [0.5, 0.6) is 0 Å². The molecule has 0 aliphatic carbocycles. The van der Waals surface area contributed by atoms with Gasteiger partial charge in [-0.05, 0) is 122 Å². The van der Waals surface area contributed by atoms with Gasteiger partial charge in [0.15, 0.2) is 6.10 Å². The first-order valence-corrected chi connectivity index (χ1v) is 32.8. The monoisotopic (exact) mass is 1100 g/mol. The van der Waals surface area contributed by atoms with Crippen LogP contribution in [0.4, 0.5) is 0 Å². The normalized spacial score (nSPS) is 13.1. The molecule has 0 saturated carbocycles. The zero-order chi connectivity index (χ0) is 57.8. The van der Waals surface area contributed by atoms with Crippen molar-refractivity contribution in [2.45, 2.75) is 290 Å². The fraction of sp³-hybridized carbons (Fsp3) is 0.635. The van der Waals surface area contributed by atoms with Crippen LogP contribution >= 0.6 is 0 Å². The molecule has 0 amide bonds. The summed E-state index contributed by atoms with van der Waals surface area (Å²) < 4.78 is 16.8. The van der Waals surface area contributed by atoms with E-state index in [0.717, 1.165) is 141 Å². The molecule has 0 fully saturated rings. The summed E-state index contributed by atoms with van der Waals surface area (Å²) in [4.78, 5) is 38.1. The molecule has 0 aromatic carbocycles. The molecule has 0 aliphatic heterocycles. The van der Waals surface area contributed by atoms with E-state index in [1.165, 1.54) is 103 Å². The number of carbonyl (C=O) groups is 3. The van der Waals surface area contributed by atoms with Gasteiger partial charge in [0.1, 0.15) is 13.2 Å². The first kappa shape index (κ1) is 75.3. The molecule has 452 valence electrons. The number of hydrogen-bond acceptors (Lipinski definition) is 6. The second-order valence-electron chi connectivity index (χ2n) is 21.3. The minimum atomic E-state index is -0.787. The predicted molar refractivity (Wildman–Crippen MR) is 348 cm³/mol. The minimum Gasteiger partial charge on any atom is -0.462 e. The maximum Gasteiger partial charge on any atom is 0.306 e. The van der Waals surface area contributed by atoms with E-state index in [0.29, 0.717) is 19.3 Å². The molecule has 0 bridgehead atoms. The van der Waals surface area contributed by atoms with Crippen molar-refractivity contribution in [3.63, 3.8) is 0 Å². The van der Waals surface area contributed by atoms with Crippen LogP contribution in [0.1, 0.15) is 284 Å². The Bertz CT molecular complexity index is 1750. The van der Waals surface area contributed by atoms with Gasteiger partial charge in [0.2, 0.25) is 0 Å². The molecule has 1 atom stereocenters. The lowest BCUT2D eigenvalue weighted by Gasteiger charge is -2.18. The highest BCUT2D eigenvalue weighted by Crippen LogP contribution is 2.15. The summed E-state index contributed by atoms with van der Waals surface area (Å²) in [5, 5.41) is 0. The van der Waals surface area contributed by atoms with Crippen molar-refractivity contribution in [2.24, 2.45) is 0 Å². The number of allylic oxidation sites excluding steroid dienone is 24. The number of esters is 3. The third kappa shape index (κ3) is 64.1. The fourth-order valence-corrected chi connectivity index (χ4v) is 8.74. The Morgan fingerprint density at radius 1 is 0.263 bits per heavy atom. The van der Waals surface area contributed by atoms with Crippen LogP contribution < -0.4 is 0 Å². The molecule has 0 radical (unpaired) electrons. The summed E-state index contributed by atoms with van der Waals surface area (Å²) in [6, 6.07) is 0. The van der Waals surface area contributed by atoms with Crippen LogP contribution in [0.2, 0.25) is 0 Å². The first-order chi connectivity index (χ1) is 39.5. The minimum absolute atomic E-state index is 0.0861. The number of ether oxygens (including phenoxy) is 3. The van der Waals surface area contributed by atoms with Crippen LogP contribution in [0.15, 0.2) is 146 Å². The quantitative estimate of drug-likeness (QED) is 0.0261. The molecule has 0 heterocycles. The van der Waals surface area contributed by atoms with E-state index in [2.05, 4.69) is 167 Å². The highest BCUT2D eigenvalue weighted by molar-refractivity contribution is 5.71. The second kappa shape index (κ2) is 66.8. The third-order valence-electron chi connectivity index (χ3n) is 13.6. The van der Waals surface area contributed by atoms with Crippen LogP contribution in [-0.4, -0.2) is 37.2 Å². The van der Waals surface area contributed by atoms with Gasteiger partial charge >= 0.3 is 17.9 Å². The first-order valence-electron chi connectivity index (χ1n) is 32.8. The molecule has 0 spiro atoms. The predicted octanol–water partition coefficient (Wildman–Crippen LogP) is 22.7. The summed E-state index contributed by atoms with van der Waals surface area (Å²) >= 11 is 0. The van der Waals surface area contributed by atoms with Gasteiger partial charge in [-0.1, -0.05) is 289 Å². The van der Waals surface area contributed by atoms with Gasteiger partial charge in [-0.25, -0.2) is 0 Å². The van der Waals surface area contributed by atoms with Crippen molar-refractivity contribution in [3.8, 4) is 0 Å². The van der Waals surface area contributed by atoms with E-state index in [9.17, 15) is 14.4 Å². The second-order valence-corrected chi connectivity index (χ2v) is 21.3. The van der Waals surface area contributed by atoms with Crippen LogP contribution in [0, 0.1) is 0 Å². The maximum absolute atomic E-state index is 12.9. The Labute approximate surface area is 493 Å². The van der Waals surface area contributed by atoms with Crippen LogP contribution in [-0.2, 0) is 28.6 Å². The zero-order valence-electron chi connectivity index (χ0n) is 51.8. The maximum atomic E-state index is 12.9. The SMILES string of the molecule is CC/C=C\C/C=C\C/C=C\C/C=C\C/C=C\C/C=C\C/C=C\CCCCCCCCCC(=O)OCC(COC(=O)CCCCCCCC)OC(=O)CCCCCCCCCCCCC/C=C\C/C=C\C/C=C\C/C=C\C/C=C\CC. The van der Waals surface area contributed by atoms with Gasteiger partial charge in [-0.2, -0.15) is 0 Å². The Balaban J connectivity index is 4.15. The average Bonchev–Trinajstić information content (AvgIpc) is 3.46. The molecule has 80 heavy (non-hydrogen) atoms. The van der Waals surface area contributed by atoms with Crippen LogP contribution in [0.3, 0.4) is 0 Å². The van der Waals surface area contributed by atoms with Gasteiger partial charge in [0.25, 0.3) is 0 Å². The lowest BCUT2D eigenvalue weighted by molar-refractivity contribution is -0.167. The lowest BCUT2D eigenvalue weighted by Crippen LogP contribution is -2.30. The lowest BCUT2D eigenvalue weighted by atomic mass is 10.0. The molecule has 0 aromatic heterocycles. The topological polar surface area (TPSA) is 78.9 Å². The molecular weight excluding hydrogens is 985 g/mol. The van der Waals surface area contributed by atoms with Crippen molar-refractivity contribution in [2.75, 3.05) is 13.2 Å². The number of rotatable bonds is 58. The summed E-state index contributed by atoms with van der Waals surface area (Å²) in [6.45, 7) is 6.34. The Morgan fingerprint density at radius 2 is 0.487 bits per heavy atom. The van der Waals surface area contributed by atoms with Gasteiger partial charge in [0, 0.05) is 19.3 Å². The molecule has 0 saturated heterocycles. The molecule has 6 heteroatoms. The van der Waals surface area contributed by atoms with Crippen molar-refractivity contribution < 1.29 is 28.6 Å². The van der Waals surface area contributed by atoms with Crippen molar-refractivity contribution in [1.29, 1.82) is 0 Å². The summed E-state index contributed by atoms with van der Waals surface area (Å²) in [6.07, 6.45) is 96.0. The van der Waals surface area contributed by atoms with Crippen molar-refractivity contribution in [1.82, 2.24) is 0 Å². The molecule has 0 aromatic rings. The van der Waals surface area contributed by atoms with E-state index >= 15 is 0 Å². The number of hydrogen-bond donors (Lipinski definition) is 0. The van der Waals surface area contributed by atoms with Gasteiger partial charge in [0.05, 0.1) is 0 Å². The molecular formula is C74H120O6. The highest BCUT2D eigenvalue weighted by Gasteiger charge is 2.19. The average molecular weight is 1110 g/mol. The van der Waals surface area contributed by atoms with E-state index in [1.807, 2.05) is 0 Å². The molecule has 6 nitrogen and oxygen atoms in total. The zero-order valence-corrected chi connectivity index (χ0v) is 51.8. The Morgan fingerprint density at radius 3 is 0.762 bits per heavy atom.